The van der Waals surface area contributed by atoms with E-state index >= 15 is 0 Å². The van der Waals surface area contributed by atoms with Crippen molar-refractivity contribution in [2.75, 3.05) is 11.4 Å². The molecule has 5 heteroatoms. The number of carbonyl (C=O) groups excluding carboxylic acids is 2. The Morgan fingerprint density at radius 3 is 2.74 bits per heavy atom. The number of anilines is 1. The highest BCUT2D eigenvalue weighted by molar-refractivity contribution is 6.34. The number of benzene rings is 1. The van der Waals surface area contributed by atoms with Gasteiger partial charge in [0.15, 0.2) is 0 Å². The smallest absolute Gasteiger partial charge is 0.251 e. The third-order valence-corrected chi connectivity index (χ3v) is 3.31. The van der Waals surface area contributed by atoms with E-state index in [1.807, 2.05) is 13.8 Å². The molecule has 1 N–H and O–H groups in total. The molecule has 0 aliphatic carbocycles. The summed E-state index contributed by atoms with van der Waals surface area (Å²) in [5.74, 6) is -0.0946. The molecule has 0 bridgehead atoms. The summed E-state index contributed by atoms with van der Waals surface area (Å²) in [6.07, 6.45) is 1.37. The first-order valence-corrected chi connectivity index (χ1v) is 6.77. The fourth-order valence-electron chi connectivity index (χ4n) is 2.11. The maximum atomic E-state index is 12.0. The van der Waals surface area contributed by atoms with Crippen LogP contribution in [0.25, 0.3) is 0 Å². The summed E-state index contributed by atoms with van der Waals surface area (Å²) >= 11 is 6.13. The van der Waals surface area contributed by atoms with Gasteiger partial charge in [-0.15, -0.1) is 0 Å². The first-order chi connectivity index (χ1) is 8.99. The monoisotopic (exact) mass is 280 g/mol. The van der Waals surface area contributed by atoms with Crippen LogP contribution in [0.5, 0.6) is 0 Å². The van der Waals surface area contributed by atoms with Crippen molar-refractivity contribution in [3.63, 3.8) is 0 Å². The topological polar surface area (TPSA) is 49.4 Å². The highest BCUT2D eigenvalue weighted by Crippen LogP contribution is 2.30. The number of halogens is 1. The SMILES string of the molecule is CC(C)NC(=O)c1ccc(Cl)c(N2CCCC2=O)c1. The summed E-state index contributed by atoms with van der Waals surface area (Å²) in [4.78, 5) is 25.4. The van der Waals surface area contributed by atoms with E-state index in [0.29, 0.717) is 29.2 Å². The van der Waals surface area contributed by atoms with Gasteiger partial charge in [-0.05, 0) is 38.5 Å². The third kappa shape index (κ3) is 3.07. The van der Waals surface area contributed by atoms with Crippen LogP contribution in [0.2, 0.25) is 5.02 Å². The van der Waals surface area contributed by atoms with Crippen molar-refractivity contribution in [2.45, 2.75) is 32.7 Å². The zero-order valence-corrected chi connectivity index (χ0v) is 11.8. The number of amides is 2. The first kappa shape index (κ1) is 13.9. The van der Waals surface area contributed by atoms with Gasteiger partial charge in [0.05, 0.1) is 10.7 Å². The lowest BCUT2D eigenvalue weighted by Crippen LogP contribution is -2.30. The van der Waals surface area contributed by atoms with Crippen LogP contribution in [0.3, 0.4) is 0 Å². The Labute approximate surface area is 117 Å². The van der Waals surface area contributed by atoms with Gasteiger partial charge in [-0.3, -0.25) is 9.59 Å². The van der Waals surface area contributed by atoms with Crippen LogP contribution in [-0.2, 0) is 4.79 Å². The summed E-state index contributed by atoms with van der Waals surface area (Å²) in [7, 11) is 0. The number of hydrogen-bond donors (Lipinski definition) is 1. The van der Waals surface area contributed by atoms with Gasteiger partial charge >= 0.3 is 0 Å². The largest absolute Gasteiger partial charge is 0.350 e. The summed E-state index contributed by atoms with van der Waals surface area (Å²) in [6.45, 7) is 4.46. The van der Waals surface area contributed by atoms with Gasteiger partial charge in [-0.1, -0.05) is 11.6 Å². The Kier molecular flexibility index (Phi) is 4.10. The summed E-state index contributed by atoms with van der Waals surface area (Å²) in [6, 6.07) is 5.09. The molecular weight excluding hydrogens is 264 g/mol. The van der Waals surface area contributed by atoms with E-state index < -0.39 is 0 Å². The van der Waals surface area contributed by atoms with Crippen LogP contribution >= 0.6 is 11.6 Å². The Morgan fingerprint density at radius 2 is 2.16 bits per heavy atom. The van der Waals surface area contributed by atoms with Gasteiger partial charge in [0.1, 0.15) is 0 Å². The van der Waals surface area contributed by atoms with Crippen molar-refractivity contribution in [1.29, 1.82) is 0 Å². The first-order valence-electron chi connectivity index (χ1n) is 6.40. The molecule has 4 nitrogen and oxygen atoms in total. The highest BCUT2D eigenvalue weighted by atomic mass is 35.5. The number of nitrogens with zero attached hydrogens (tertiary/aromatic N) is 1. The third-order valence-electron chi connectivity index (χ3n) is 2.99. The zero-order valence-electron chi connectivity index (χ0n) is 11.1. The summed E-state index contributed by atoms with van der Waals surface area (Å²) < 4.78 is 0. The highest BCUT2D eigenvalue weighted by Gasteiger charge is 2.24. The van der Waals surface area contributed by atoms with Crippen LogP contribution in [0.15, 0.2) is 18.2 Å². The van der Waals surface area contributed by atoms with E-state index in [0.717, 1.165) is 6.42 Å². The second kappa shape index (κ2) is 5.61. The maximum absolute atomic E-state index is 12.0. The standard InChI is InChI=1S/C14H17ClN2O2/c1-9(2)16-14(19)10-5-6-11(15)12(8-10)17-7-3-4-13(17)18/h5-6,8-9H,3-4,7H2,1-2H3,(H,16,19). The molecule has 1 aromatic rings. The number of nitrogens with one attached hydrogen (secondary N) is 1. The van der Waals surface area contributed by atoms with Gasteiger partial charge in [0.25, 0.3) is 5.91 Å². The number of rotatable bonds is 3. The maximum Gasteiger partial charge on any atom is 0.251 e. The Morgan fingerprint density at radius 1 is 1.42 bits per heavy atom. The second-order valence-electron chi connectivity index (χ2n) is 4.94. The molecule has 1 aliphatic rings. The molecular formula is C14H17ClN2O2. The predicted octanol–water partition coefficient (Wildman–Crippen LogP) is 2.61. The molecule has 1 fully saturated rings. The minimum atomic E-state index is -0.153. The quantitative estimate of drug-likeness (QED) is 0.925. The molecule has 2 rings (SSSR count). The lowest BCUT2D eigenvalue weighted by Gasteiger charge is -2.18. The van der Waals surface area contributed by atoms with Gasteiger partial charge < -0.3 is 10.2 Å². The fraction of sp³-hybridized carbons (Fsp3) is 0.429. The Bertz CT molecular complexity index is 514. The average molecular weight is 281 g/mol. The van der Waals surface area contributed by atoms with Crippen LogP contribution in [0, 0.1) is 0 Å². The molecule has 2 amide bonds. The summed E-state index contributed by atoms with van der Waals surface area (Å²) in [5.41, 5.74) is 1.15. The van der Waals surface area contributed by atoms with Crippen molar-refractivity contribution in [2.24, 2.45) is 0 Å². The van der Waals surface area contributed by atoms with Crippen molar-refractivity contribution in [1.82, 2.24) is 5.32 Å². The van der Waals surface area contributed by atoms with E-state index in [1.165, 1.54) is 0 Å². The van der Waals surface area contributed by atoms with Crippen molar-refractivity contribution >= 4 is 29.1 Å². The molecule has 0 atom stereocenters. The minimum absolute atomic E-state index is 0.0586. The molecule has 19 heavy (non-hydrogen) atoms. The Hall–Kier alpha value is -1.55. The molecule has 1 aromatic carbocycles. The van der Waals surface area contributed by atoms with E-state index in [4.69, 9.17) is 11.6 Å². The van der Waals surface area contributed by atoms with Crippen molar-refractivity contribution in [3.05, 3.63) is 28.8 Å². The molecule has 1 heterocycles. The lowest BCUT2D eigenvalue weighted by molar-refractivity contribution is -0.117. The van der Waals surface area contributed by atoms with Gasteiger partial charge in [-0.25, -0.2) is 0 Å². The molecule has 1 saturated heterocycles. The number of hydrogen-bond acceptors (Lipinski definition) is 2. The molecule has 1 aliphatic heterocycles. The van der Waals surface area contributed by atoms with Gasteiger partial charge in [-0.2, -0.15) is 0 Å². The van der Waals surface area contributed by atoms with Crippen molar-refractivity contribution in [3.8, 4) is 0 Å². The Balaban J connectivity index is 2.29. The molecule has 0 unspecified atom stereocenters. The lowest BCUT2D eigenvalue weighted by atomic mass is 10.1. The molecule has 0 aromatic heterocycles. The average Bonchev–Trinajstić information content (AvgIpc) is 2.75. The molecule has 0 saturated carbocycles. The van der Waals surface area contributed by atoms with E-state index in [2.05, 4.69) is 5.32 Å². The normalized spacial score (nSPS) is 15.2. The van der Waals surface area contributed by atoms with E-state index in [1.54, 1.807) is 23.1 Å². The van der Waals surface area contributed by atoms with E-state index in [-0.39, 0.29) is 17.9 Å². The van der Waals surface area contributed by atoms with Crippen LogP contribution in [0.1, 0.15) is 37.0 Å². The number of carbonyl (C=O) groups is 2. The fourth-order valence-corrected chi connectivity index (χ4v) is 2.33. The van der Waals surface area contributed by atoms with Crippen LogP contribution < -0.4 is 10.2 Å². The van der Waals surface area contributed by atoms with Crippen molar-refractivity contribution < 1.29 is 9.59 Å². The van der Waals surface area contributed by atoms with Gasteiger partial charge in [0, 0.05) is 24.6 Å². The van der Waals surface area contributed by atoms with Gasteiger partial charge in [0.2, 0.25) is 5.91 Å². The van der Waals surface area contributed by atoms with Crippen LogP contribution in [0.4, 0.5) is 5.69 Å². The van der Waals surface area contributed by atoms with Crippen LogP contribution in [-0.4, -0.2) is 24.4 Å². The minimum Gasteiger partial charge on any atom is -0.350 e. The molecule has 0 spiro atoms. The predicted molar refractivity (Wildman–Crippen MR) is 75.6 cm³/mol. The summed E-state index contributed by atoms with van der Waals surface area (Å²) in [5, 5.41) is 3.32. The molecule has 0 radical (unpaired) electrons. The van der Waals surface area contributed by atoms with E-state index in [9.17, 15) is 9.59 Å². The second-order valence-corrected chi connectivity index (χ2v) is 5.35. The molecule has 102 valence electrons. The zero-order chi connectivity index (χ0) is 14.0.